The first-order valence-electron chi connectivity index (χ1n) is 29.2. The molecule has 0 saturated carbocycles. The highest BCUT2D eigenvalue weighted by molar-refractivity contribution is 7.47. The number of hydrogen-bond acceptors (Lipinski definition) is 6. The molecule has 0 radical (unpaired) electrons. The topological polar surface area (TPSA) is 111 Å². The van der Waals surface area contributed by atoms with E-state index in [0.29, 0.717) is 17.4 Å². The van der Waals surface area contributed by atoms with Gasteiger partial charge in [0.05, 0.1) is 33.8 Å². The number of carbonyl (C=O) groups excluding carboxylic acids is 2. The van der Waals surface area contributed by atoms with E-state index >= 15 is 0 Å². The Balaban J connectivity index is 5.36. The highest BCUT2D eigenvalue weighted by Gasteiger charge is 2.30. The fourth-order valence-corrected chi connectivity index (χ4v) is 9.32. The van der Waals surface area contributed by atoms with Crippen LogP contribution in [0.15, 0.2) is 24.3 Å². The summed E-state index contributed by atoms with van der Waals surface area (Å²) in [6, 6.07) is -0.847. The Labute approximate surface area is 422 Å². The number of likely N-dealkylation sites (N-methyl/N-ethyl adjacent to an activating group) is 1. The zero-order valence-electron chi connectivity index (χ0n) is 45.9. The van der Waals surface area contributed by atoms with Gasteiger partial charge in [-0.3, -0.25) is 18.6 Å². The van der Waals surface area contributed by atoms with Gasteiger partial charge in [-0.05, 0) is 57.4 Å². The third-order valence-electron chi connectivity index (χ3n) is 13.1. The molecule has 1 amide bonds. The minimum absolute atomic E-state index is 0.0414. The van der Waals surface area contributed by atoms with Crippen LogP contribution in [-0.4, -0.2) is 74.3 Å². The van der Waals surface area contributed by atoms with Crippen LogP contribution in [0.5, 0.6) is 0 Å². The van der Waals surface area contributed by atoms with Crippen LogP contribution in [0.4, 0.5) is 0 Å². The molecule has 68 heavy (non-hydrogen) atoms. The Morgan fingerprint density at radius 1 is 0.500 bits per heavy atom. The first kappa shape index (κ1) is 66.5. The predicted octanol–water partition coefficient (Wildman–Crippen LogP) is 17.4. The van der Waals surface area contributed by atoms with Crippen LogP contribution >= 0.6 is 7.82 Å². The van der Waals surface area contributed by atoms with Crippen LogP contribution in [0.3, 0.4) is 0 Å². The van der Waals surface area contributed by atoms with Gasteiger partial charge in [0.15, 0.2) is 0 Å². The number of nitrogens with zero attached hydrogens (tertiary/aromatic N) is 1. The second-order valence-electron chi connectivity index (χ2n) is 21.2. The number of unbranched alkanes of at least 4 members (excludes halogenated alkanes) is 35. The van der Waals surface area contributed by atoms with E-state index in [4.69, 9.17) is 13.8 Å². The van der Waals surface area contributed by atoms with Gasteiger partial charge in [-0.1, -0.05) is 238 Å². The van der Waals surface area contributed by atoms with Crippen LogP contribution in [-0.2, 0) is 27.9 Å². The zero-order valence-corrected chi connectivity index (χ0v) is 46.8. The number of hydrogen-bond donors (Lipinski definition) is 2. The number of nitrogens with one attached hydrogen (secondary N) is 1. The molecule has 2 N–H and O–H groups in total. The Hall–Kier alpha value is -1.51. The van der Waals surface area contributed by atoms with Gasteiger partial charge in [0.25, 0.3) is 0 Å². The lowest BCUT2D eigenvalue weighted by Gasteiger charge is -2.27. The van der Waals surface area contributed by atoms with E-state index in [1.54, 1.807) is 0 Å². The number of amides is 1. The highest BCUT2D eigenvalue weighted by Crippen LogP contribution is 2.43. The third-order valence-corrected chi connectivity index (χ3v) is 14.1. The fourth-order valence-electron chi connectivity index (χ4n) is 8.58. The van der Waals surface area contributed by atoms with Crippen molar-refractivity contribution in [3.05, 3.63) is 24.3 Å². The molecule has 0 aromatic rings. The molecule has 0 bridgehead atoms. The number of carbonyl (C=O) groups is 2. The number of ether oxygens (including phenoxy) is 1. The van der Waals surface area contributed by atoms with E-state index in [2.05, 4.69) is 38.2 Å². The van der Waals surface area contributed by atoms with Gasteiger partial charge in [-0.2, -0.15) is 0 Å². The maximum atomic E-state index is 13.5. The summed E-state index contributed by atoms with van der Waals surface area (Å²) in [6.45, 7) is 7.03. The average Bonchev–Trinajstić information content (AvgIpc) is 3.29. The molecular formula is C58H114N2O7P+. The summed E-state index contributed by atoms with van der Waals surface area (Å²) >= 11 is 0. The molecule has 0 saturated heterocycles. The second kappa shape index (κ2) is 49.1. The lowest BCUT2D eigenvalue weighted by molar-refractivity contribution is -0.870. The maximum Gasteiger partial charge on any atom is 0.472 e. The highest BCUT2D eigenvalue weighted by atomic mass is 31.2. The third kappa shape index (κ3) is 49.5. The molecule has 9 nitrogen and oxygen atoms in total. The number of phosphoric ester groups is 1. The molecule has 3 unspecified atom stereocenters. The first-order valence-corrected chi connectivity index (χ1v) is 30.7. The molecule has 0 fully saturated rings. The summed E-state index contributed by atoms with van der Waals surface area (Å²) in [4.78, 5) is 37.6. The molecular weight excluding hydrogens is 868 g/mol. The molecule has 0 aliphatic rings. The molecule has 0 spiro atoms. The van der Waals surface area contributed by atoms with Gasteiger partial charge in [0.2, 0.25) is 5.91 Å². The van der Waals surface area contributed by atoms with Crippen LogP contribution in [0, 0.1) is 0 Å². The maximum absolute atomic E-state index is 13.5. The molecule has 3 atom stereocenters. The summed E-state index contributed by atoms with van der Waals surface area (Å²) < 4.78 is 30.6. The summed E-state index contributed by atoms with van der Waals surface area (Å²) in [5.74, 6) is -0.510. The minimum atomic E-state index is -4.44. The average molecular weight is 983 g/mol. The van der Waals surface area contributed by atoms with Crippen molar-refractivity contribution >= 4 is 19.7 Å². The standard InChI is InChI=1S/C58H113N2O7P/c1-7-10-13-16-19-22-25-28-30-32-35-38-41-44-47-50-57(61)59-55(54-66-68(63,64)65-53-52-60(4,5)6)56(49-46-43-40-37-34-31-27-24-21-18-15-12-9-3)67-58(62)51-48-45-42-39-36-33-29-26-23-20-17-14-11-8-2/h33,36,46,49,55-56H,7-32,34-35,37-45,47-48,50-54H2,1-6H3,(H-,59,61,63,64)/p+1/b36-33-,49-46+. The number of phosphoric acid groups is 1. The van der Waals surface area contributed by atoms with Crippen molar-refractivity contribution in [3.8, 4) is 0 Å². The van der Waals surface area contributed by atoms with Crippen LogP contribution in [0.25, 0.3) is 0 Å². The number of quaternary nitrogens is 1. The van der Waals surface area contributed by atoms with E-state index in [1.807, 2.05) is 33.3 Å². The second-order valence-corrected chi connectivity index (χ2v) is 22.6. The summed E-state index contributed by atoms with van der Waals surface area (Å²) in [6.07, 6.45) is 55.9. The Bertz CT molecular complexity index is 1220. The summed E-state index contributed by atoms with van der Waals surface area (Å²) in [5.41, 5.74) is 0. The van der Waals surface area contributed by atoms with E-state index < -0.39 is 20.0 Å². The van der Waals surface area contributed by atoms with Crippen LogP contribution in [0.2, 0.25) is 0 Å². The van der Waals surface area contributed by atoms with Crippen molar-refractivity contribution < 1.29 is 37.3 Å². The van der Waals surface area contributed by atoms with Gasteiger partial charge in [0, 0.05) is 12.8 Å². The largest absolute Gasteiger partial charge is 0.472 e. The van der Waals surface area contributed by atoms with Gasteiger partial charge in [-0.25, -0.2) is 4.57 Å². The van der Waals surface area contributed by atoms with Gasteiger partial charge in [-0.15, -0.1) is 0 Å². The molecule has 0 rings (SSSR count). The predicted molar refractivity (Wildman–Crippen MR) is 291 cm³/mol. The van der Waals surface area contributed by atoms with Crippen LogP contribution < -0.4 is 5.32 Å². The van der Waals surface area contributed by atoms with Gasteiger partial charge < -0.3 is 19.4 Å². The molecule has 0 aromatic heterocycles. The summed E-state index contributed by atoms with van der Waals surface area (Å²) in [7, 11) is 1.50. The number of esters is 1. The minimum Gasteiger partial charge on any atom is -0.456 e. The van der Waals surface area contributed by atoms with Crippen molar-refractivity contribution in [2.75, 3.05) is 40.9 Å². The van der Waals surface area contributed by atoms with Crippen molar-refractivity contribution in [1.29, 1.82) is 0 Å². The Morgan fingerprint density at radius 3 is 1.26 bits per heavy atom. The molecule has 402 valence electrons. The Kier molecular flexibility index (Phi) is 48.0. The molecule has 0 aliphatic heterocycles. The lowest BCUT2D eigenvalue weighted by atomic mass is 10.0. The van der Waals surface area contributed by atoms with E-state index in [0.717, 1.165) is 70.6 Å². The van der Waals surface area contributed by atoms with Crippen molar-refractivity contribution in [3.63, 3.8) is 0 Å². The first-order chi connectivity index (χ1) is 32.9. The van der Waals surface area contributed by atoms with E-state index in [1.165, 1.54) is 180 Å². The zero-order chi connectivity index (χ0) is 50.1. The van der Waals surface area contributed by atoms with Gasteiger partial charge in [0.1, 0.15) is 19.3 Å². The summed E-state index contributed by atoms with van der Waals surface area (Å²) in [5, 5.41) is 3.05. The monoisotopic (exact) mass is 982 g/mol. The van der Waals surface area contributed by atoms with Crippen molar-refractivity contribution in [1.82, 2.24) is 5.32 Å². The smallest absolute Gasteiger partial charge is 0.456 e. The van der Waals surface area contributed by atoms with E-state index in [9.17, 15) is 19.0 Å². The molecule has 0 aromatic carbocycles. The number of rotatable bonds is 53. The van der Waals surface area contributed by atoms with E-state index in [-0.39, 0.29) is 31.5 Å². The molecule has 10 heteroatoms. The van der Waals surface area contributed by atoms with Crippen molar-refractivity contribution in [2.45, 2.75) is 296 Å². The molecule has 0 aliphatic carbocycles. The Morgan fingerprint density at radius 2 is 0.853 bits per heavy atom. The quantitative estimate of drug-likeness (QED) is 0.0205. The number of allylic oxidation sites excluding steroid dienone is 3. The normalized spacial score (nSPS) is 13.9. The van der Waals surface area contributed by atoms with Crippen LogP contribution in [0.1, 0.15) is 284 Å². The lowest BCUT2D eigenvalue weighted by Crippen LogP contribution is -2.47. The molecule has 0 heterocycles. The van der Waals surface area contributed by atoms with Crippen molar-refractivity contribution in [2.24, 2.45) is 0 Å². The SMILES string of the molecule is CCCCCCCCC/C=C\CCCCCC(=O)OC(/C=C/CCCCCCCCCCCCC)C(COP(=O)(O)OCC[N+](C)(C)C)NC(=O)CCCCCCCCCCCCCCCCC. The van der Waals surface area contributed by atoms with Gasteiger partial charge >= 0.3 is 13.8 Å². The fraction of sp³-hybridized carbons (Fsp3) is 0.897.